The molecule has 0 saturated heterocycles. The van der Waals surface area contributed by atoms with Crippen molar-refractivity contribution < 1.29 is 4.74 Å². The first kappa shape index (κ1) is 20.3. The highest BCUT2D eigenvalue weighted by Gasteiger charge is 2.11. The Hall–Kier alpha value is -4.43. The number of allylic oxidation sites excluding steroid dienone is 1. The van der Waals surface area contributed by atoms with Gasteiger partial charge < -0.3 is 15.4 Å². The van der Waals surface area contributed by atoms with E-state index in [1.807, 2.05) is 36.4 Å². The van der Waals surface area contributed by atoms with Crippen molar-refractivity contribution in [1.82, 2.24) is 15.0 Å². The average Bonchev–Trinajstić information content (AvgIpc) is 2.76. The van der Waals surface area contributed by atoms with Crippen molar-refractivity contribution >= 4 is 23.5 Å². The van der Waals surface area contributed by atoms with Gasteiger partial charge in [-0.1, -0.05) is 24.3 Å². The summed E-state index contributed by atoms with van der Waals surface area (Å²) >= 11 is 0. The van der Waals surface area contributed by atoms with E-state index in [0.29, 0.717) is 23.9 Å². The zero-order chi connectivity index (χ0) is 21.5. The summed E-state index contributed by atoms with van der Waals surface area (Å²) in [6.07, 6.45) is 1.66. The van der Waals surface area contributed by atoms with Crippen molar-refractivity contribution in [2.24, 2.45) is 0 Å². The zero-order valence-corrected chi connectivity index (χ0v) is 16.6. The molecule has 3 rings (SSSR count). The van der Waals surface area contributed by atoms with Crippen LogP contribution in [0.4, 0.5) is 11.9 Å². The van der Waals surface area contributed by atoms with Gasteiger partial charge in [-0.2, -0.15) is 25.5 Å². The molecule has 2 N–H and O–H groups in total. The Morgan fingerprint density at radius 3 is 2.63 bits per heavy atom. The smallest absolute Gasteiger partial charge is 0.230 e. The molecular formula is C22H19N7O. The normalized spacial score (nSPS) is 10.7. The molecular weight excluding hydrogens is 378 g/mol. The fraction of sp³-hybridized carbons (Fsp3) is 0.136. The molecule has 0 aliphatic heterocycles. The first-order valence-corrected chi connectivity index (χ1v) is 9.01. The van der Waals surface area contributed by atoms with Crippen LogP contribution in [0.2, 0.25) is 0 Å². The molecule has 0 radical (unpaired) electrons. The summed E-state index contributed by atoms with van der Waals surface area (Å²) in [5.41, 5.74) is 8.24. The monoisotopic (exact) mass is 397 g/mol. The fourth-order valence-electron chi connectivity index (χ4n) is 2.61. The van der Waals surface area contributed by atoms with Crippen molar-refractivity contribution in [3.63, 3.8) is 0 Å². The second-order valence-corrected chi connectivity index (χ2v) is 6.55. The second kappa shape index (κ2) is 9.18. The summed E-state index contributed by atoms with van der Waals surface area (Å²) in [6.45, 7) is 0.323. The molecule has 148 valence electrons. The molecule has 8 nitrogen and oxygen atoms in total. The highest BCUT2D eigenvalue weighted by Crippen LogP contribution is 2.21. The SMILES string of the molecule is CN(C)c1nc(N)nc(/C(C#N)=C/c2cccc(OCc3cccc(C#N)c3)c2)n1. The number of ether oxygens (including phenoxy) is 1. The quantitative estimate of drug-likeness (QED) is 0.629. The lowest BCUT2D eigenvalue weighted by Crippen LogP contribution is -2.15. The van der Waals surface area contributed by atoms with Gasteiger partial charge in [0, 0.05) is 14.1 Å². The van der Waals surface area contributed by atoms with E-state index in [9.17, 15) is 5.26 Å². The predicted molar refractivity (Wildman–Crippen MR) is 114 cm³/mol. The fourth-order valence-corrected chi connectivity index (χ4v) is 2.61. The Labute approximate surface area is 174 Å². The third-order valence-corrected chi connectivity index (χ3v) is 4.03. The summed E-state index contributed by atoms with van der Waals surface area (Å²) in [7, 11) is 3.56. The van der Waals surface area contributed by atoms with Crippen molar-refractivity contribution in [3.05, 3.63) is 71.0 Å². The van der Waals surface area contributed by atoms with Gasteiger partial charge >= 0.3 is 0 Å². The van der Waals surface area contributed by atoms with Gasteiger partial charge in [-0.05, 0) is 41.5 Å². The van der Waals surface area contributed by atoms with E-state index in [2.05, 4.69) is 27.1 Å². The Balaban J connectivity index is 1.83. The lowest BCUT2D eigenvalue weighted by Gasteiger charge is -2.11. The highest BCUT2D eigenvalue weighted by atomic mass is 16.5. The number of hydrogen-bond acceptors (Lipinski definition) is 8. The maximum atomic E-state index is 9.60. The molecule has 1 aromatic heterocycles. The van der Waals surface area contributed by atoms with Crippen LogP contribution < -0.4 is 15.4 Å². The molecule has 1 heterocycles. The van der Waals surface area contributed by atoms with Crippen LogP contribution in [0.3, 0.4) is 0 Å². The van der Waals surface area contributed by atoms with E-state index in [1.54, 1.807) is 37.2 Å². The molecule has 0 bridgehead atoms. The van der Waals surface area contributed by atoms with Crippen LogP contribution in [0.15, 0.2) is 48.5 Å². The molecule has 30 heavy (non-hydrogen) atoms. The summed E-state index contributed by atoms with van der Waals surface area (Å²) in [6, 6.07) is 18.8. The van der Waals surface area contributed by atoms with E-state index in [4.69, 9.17) is 15.7 Å². The van der Waals surface area contributed by atoms with E-state index < -0.39 is 0 Å². The number of hydrogen-bond donors (Lipinski definition) is 1. The molecule has 0 fully saturated rings. The van der Waals surface area contributed by atoms with Crippen molar-refractivity contribution in [1.29, 1.82) is 10.5 Å². The lowest BCUT2D eigenvalue weighted by molar-refractivity contribution is 0.306. The Kier molecular flexibility index (Phi) is 6.21. The average molecular weight is 397 g/mol. The Bertz CT molecular complexity index is 1170. The minimum absolute atomic E-state index is 0.0431. The minimum Gasteiger partial charge on any atom is -0.489 e. The van der Waals surface area contributed by atoms with Gasteiger partial charge in [-0.3, -0.25) is 0 Å². The summed E-state index contributed by atoms with van der Waals surface area (Å²) in [4.78, 5) is 14.1. The molecule has 0 aliphatic carbocycles. The molecule has 0 aliphatic rings. The third kappa shape index (κ3) is 5.09. The van der Waals surface area contributed by atoms with Gasteiger partial charge in [-0.15, -0.1) is 0 Å². The summed E-state index contributed by atoms with van der Waals surface area (Å²) in [5, 5.41) is 18.6. The van der Waals surface area contributed by atoms with Crippen LogP contribution in [0.25, 0.3) is 11.6 Å². The number of anilines is 2. The highest BCUT2D eigenvalue weighted by molar-refractivity contribution is 5.87. The largest absolute Gasteiger partial charge is 0.489 e. The predicted octanol–water partition coefficient (Wildman–Crippen LogP) is 3.03. The van der Waals surface area contributed by atoms with Crippen LogP contribution in [0, 0.1) is 22.7 Å². The maximum Gasteiger partial charge on any atom is 0.230 e. The Morgan fingerprint density at radius 1 is 1.10 bits per heavy atom. The van der Waals surface area contributed by atoms with Crippen LogP contribution >= 0.6 is 0 Å². The van der Waals surface area contributed by atoms with Gasteiger partial charge in [0.25, 0.3) is 0 Å². The number of rotatable bonds is 6. The van der Waals surface area contributed by atoms with Crippen LogP contribution in [-0.2, 0) is 6.61 Å². The van der Waals surface area contributed by atoms with Crippen molar-refractivity contribution in [2.45, 2.75) is 6.61 Å². The number of nitrogen functional groups attached to an aromatic ring is 1. The number of nitriles is 2. The molecule has 8 heteroatoms. The topological polar surface area (TPSA) is 125 Å². The van der Waals surface area contributed by atoms with E-state index in [0.717, 1.165) is 11.1 Å². The molecule has 3 aromatic rings. The molecule has 0 spiro atoms. The van der Waals surface area contributed by atoms with Gasteiger partial charge in [-0.25, -0.2) is 0 Å². The van der Waals surface area contributed by atoms with Gasteiger partial charge in [0.15, 0.2) is 5.82 Å². The number of nitrogens with two attached hydrogens (primary N) is 1. The lowest BCUT2D eigenvalue weighted by atomic mass is 10.1. The van der Waals surface area contributed by atoms with Crippen molar-refractivity contribution in [3.8, 4) is 17.9 Å². The van der Waals surface area contributed by atoms with E-state index in [-0.39, 0.29) is 17.3 Å². The van der Waals surface area contributed by atoms with E-state index >= 15 is 0 Å². The molecule has 0 saturated carbocycles. The molecule has 2 aromatic carbocycles. The van der Waals surface area contributed by atoms with E-state index in [1.165, 1.54) is 0 Å². The van der Waals surface area contributed by atoms with Gasteiger partial charge in [0.05, 0.1) is 17.2 Å². The standard InChI is InChI=1S/C22H19N7O/c1-29(2)22-27-20(26-21(25)28-22)18(13-24)10-15-5-4-8-19(11-15)30-14-17-7-3-6-16(9-17)12-23/h3-11H,14H2,1-2H3,(H2,25,26,27,28)/b18-10+. The zero-order valence-electron chi connectivity index (χ0n) is 16.6. The number of nitrogens with zero attached hydrogens (tertiary/aromatic N) is 6. The molecule has 0 unspecified atom stereocenters. The molecule has 0 amide bonds. The minimum atomic E-state index is 0.0431. The van der Waals surface area contributed by atoms with Crippen LogP contribution in [0.5, 0.6) is 5.75 Å². The number of benzene rings is 2. The summed E-state index contributed by atoms with van der Waals surface area (Å²) < 4.78 is 5.83. The van der Waals surface area contributed by atoms with Gasteiger partial charge in [0.1, 0.15) is 18.4 Å². The van der Waals surface area contributed by atoms with Crippen LogP contribution in [0.1, 0.15) is 22.5 Å². The first-order valence-electron chi connectivity index (χ1n) is 9.01. The number of aromatic nitrogens is 3. The maximum absolute atomic E-state index is 9.60. The van der Waals surface area contributed by atoms with Gasteiger partial charge in [0.2, 0.25) is 11.9 Å². The van der Waals surface area contributed by atoms with Crippen molar-refractivity contribution in [2.75, 3.05) is 24.7 Å². The summed E-state index contributed by atoms with van der Waals surface area (Å²) in [5.74, 6) is 1.25. The third-order valence-electron chi connectivity index (χ3n) is 4.03. The molecule has 0 atom stereocenters. The Morgan fingerprint density at radius 2 is 1.90 bits per heavy atom. The van der Waals surface area contributed by atoms with Crippen LogP contribution in [-0.4, -0.2) is 29.0 Å². The second-order valence-electron chi connectivity index (χ2n) is 6.55. The first-order chi connectivity index (χ1) is 14.5.